The molecule has 1 aliphatic rings. The Bertz CT molecular complexity index is 768. The van der Waals surface area contributed by atoms with Crippen molar-refractivity contribution in [3.63, 3.8) is 0 Å². The standard InChI is InChI=1S/C19H24N4O2/c1-3-13-6-4-5-7-14(13)10-18(25)21-15-8-9-17(24)22-19(15)16-11-20-12-23(16)2/h4-7,11-12,15,19H,3,8-10H2,1-2H3,(H,21,25)(H,22,24)/t15-,19-/m1/s1. The summed E-state index contributed by atoms with van der Waals surface area (Å²) >= 11 is 0. The van der Waals surface area contributed by atoms with Gasteiger partial charge in [-0.2, -0.15) is 0 Å². The number of aromatic nitrogens is 2. The maximum atomic E-state index is 12.6. The molecule has 0 saturated carbocycles. The van der Waals surface area contributed by atoms with Crippen molar-refractivity contribution in [1.82, 2.24) is 20.2 Å². The number of carbonyl (C=O) groups is 2. The van der Waals surface area contributed by atoms with Gasteiger partial charge in [0.05, 0.1) is 36.7 Å². The minimum absolute atomic E-state index is 0.00743. The molecular formula is C19H24N4O2. The van der Waals surface area contributed by atoms with Crippen LogP contribution in [0.25, 0.3) is 0 Å². The fraction of sp³-hybridized carbons (Fsp3) is 0.421. The van der Waals surface area contributed by atoms with Crippen molar-refractivity contribution in [3.05, 3.63) is 53.6 Å². The van der Waals surface area contributed by atoms with E-state index in [0.29, 0.717) is 19.3 Å². The second-order valence-corrected chi connectivity index (χ2v) is 6.49. The average molecular weight is 340 g/mol. The Morgan fingerprint density at radius 1 is 1.36 bits per heavy atom. The summed E-state index contributed by atoms with van der Waals surface area (Å²) in [4.78, 5) is 28.5. The molecule has 2 amide bonds. The number of benzene rings is 1. The molecule has 2 aromatic rings. The van der Waals surface area contributed by atoms with Crippen LogP contribution in [0.2, 0.25) is 0 Å². The Morgan fingerprint density at radius 3 is 2.80 bits per heavy atom. The van der Waals surface area contributed by atoms with Crippen molar-refractivity contribution in [3.8, 4) is 0 Å². The zero-order chi connectivity index (χ0) is 17.8. The van der Waals surface area contributed by atoms with E-state index in [-0.39, 0.29) is 23.9 Å². The molecular weight excluding hydrogens is 316 g/mol. The number of aryl methyl sites for hydroxylation is 2. The van der Waals surface area contributed by atoms with E-state index in [1.807, 2.05) is 29.8 Å². The summed E-state index contributed by atoms with van der Waals surface area (Å²) < 4.78 is 1.88. The lowest BCUT2D eigenvalue weighted by Gasteiger charge is -2.33. The molecule has 6 heteroatoms. The van der Waals surface area contributed by atoms with Gasteiger partial charge in [-0.3, -0.25) is 9.59 Å². The van der Waals surface area contributed by atoms with Gasteiger partial charge in [0.2, 0.25) is 11.8 Å². The van der Waals surface area contributed by atoms with Crippen molar-refractivity contribution in [2.45, 2.75) is 44.7 Å². The highest BCUT2D eigenvalue weighted by Crippen LogP contribution is 2.24. The Labute approximate surface area is 147 Å². The molecule has 1 aliphatic heterocycles. The van der Waals surface area contributed by atoms with E-state index in [4.69, 9.17) is 0 Å². The minimum atomic E-state index is -0.251. The van der Waals surface area contributed by atoms with Crippen molar-refractivity contribution >= 4 is 11.8 Å². The molecule has 132 valence electrons. The maximum absolute atomic E-state index is 12.6. The topological polar surface area (TPSA) is 76.0 Å². The molecule has 1 fully saturated rings. The van der Waals surface area contributed by atoms with Crippen molar-refractivity contribution in [2.24, 2.45) is 7.05 Å². The van der Waals surface area contributed by atoms with Gasteiger partial charge >= 0.3 is 0 Å². The first kappa shape index (κ1) is 17.2. The zero-order valence-corrected chi connectivity index (χ0v) is 14.7. The third-order valence-electron chi connectivity index (χ3n) is 4.77. The third-order valence-corrected chi connectivity index (χ3v) is 4.77. The number of amides is 2. The van der Waals surface area contributed by atoms with E-state index >= 15 is 0 Å². The molecule has 25 heavy (non-hydrogen) atoms. The first-order chi connectivity index (χ1) is 12.1. The lowest BCUT2D eigenvalue weighted by Crippen LogP contribution is -2.51. The van der Waals surface area contributed by atoms with Crippen LogP contribution >= 0.6 is 0 Å². The van der Waals surface area contributed by atoms with Crippen LogP contribution in [0.15, 0.2) is 36.8 Å². The quantitative estimate of drug-likeness (QED) is 0.869. The highest BCUT2D eigenvalue weighted by atomic mass is 16.2. The largest absolute Gasteiger partial charge is 0.351 e. The smallest absolute Gasteiger partial charge is 0.224 e. The summed E-state index contributed by atoms with van der Waals surface area (Å²) in [5, 5.41) is 6.10. The summed E-state index contributed by atoms with van der Waals surface area (Å²) in [5.41, 5.74) is 3.14. The predicted octanol–water partition coefficient (Wildman–Crippen LogP) is 1.66. The van der Waals surface area contributed by atoms with Gasteiger partial charge in [0, 0.05) is 13.5 Å². The molecule has 0 radical (unpaired) electrons. The van der Waals surface area contributed by atoms with Crippen LogP contribution in [0.4, 0.5) is 0 Å². The Kier molecular flexibility index (Phi) is 5.16. The molecule has 2 N–H and O–H groups in total. The highest BCUT2D eigenvalue weighted by molar-refractivity contribution is 5.81. The fourth-order valence-electron chi connectivity index (χ4n) is 3.41. The van der Waals surface area contributed by atoms with Gasteiger partial charge in [-0.15, -0.1) is 0 Å². The Balaban J connectivity index is 1.72. The van der Waals surface area contributed by atoms with E-state index in [2.05, 4.69) is 28.6 Å². The molecule has 3 rings (SSSR count). The van der Waals surface area contributed by atoms with Gasteiger partial charge in [-0.25, -0.2) is 4.98 Å². The molecule has 0 aliphatic carbocycles. The number of nitrogens with zero attached hydrogens (tertiary/aromatic N) is 2. The second-order valence-electron chi connectivity index (χ2n) is 6.49. The van der Waals surface area contributed by atoms with Crippen molar-refractivity contribution < 1.29 is 9.59 Å². The van der Waals surface area contributed by atoms with Crippen LogP contribution in [0.5, 0.6) is 0 Å². The molecule has 0 bridgehead atoms. The van der Waals surface area contributed by atoms with Crippen LogP contribution < -0.4 is 10.6 Å². The van der Waals surface area contributed by atoms with Gasteiger partial charge in [0.1, 0.15) is 0 Å². The summed E-state index contributed by atoms with van der Waals surface area (Å²) in [6.07, 6.45) is 5.75. The van der Waals surface area contributed by atoms with E-state index < -0.39 is 0 Å². The minimum Gasteiger partial charge on any atom is -0.351 e. The molecule has 1 aromatic carbocycles. The molecule has 2 atom stereocenters. The van der Waals surface area contributed by atoms with Gasteiger partial charge in [-0.05, 0) is 24.0 Å². The lowest BCUT2D eigenvalue weighted by atomic mass is 9.94. The summed E-state index contributed by atoms with van der Waals surface area (Å²) in [6.45, 7) is 2.09. The monoisotopic (exact) mass is 340 g/mol. The van der Waals surface area contributed by atoms with E-state index in [1.165, 1.54) is 5.56 Å². The van der Waals surface area contributed by atoms with Gasteiger partial charge in [0.15, 0.2) is 0 Å². The number of carbonyl (C=O) groups excluding carboxylic acids is 2. The number of hydrogen-bond donors (Lipinski definition) is 2. The lowest BCUT2D eigenvalue weighted by molar-refractivity contribution is -0.127. The van der Waals surface area contributed by atoms with E-state index in [9.17, 15) is 9.59 Å². The first-order valence-corrected chi connectivity index (χ1v) is 8.70. The Morgan fingerprint density at radius 2 is 2.12 bits per heavy atom. The number of hydrogen-bond acceptors (Lipinski definition) is 3. The summed E-state index contributed by atoms with van der Waals surface area (Å²) in [6, 6.07) is 7.63. The molecule has 0 spiro atoms. The molecule has 1 aromatic heterocycles. The van der Waals surface area contributed by atoms with Gasteiger partial charge in [-0.1, -0.05) is 31.2 Å². The average Bonchev–Trinajstić information content (AvgIpc) is 3.03. The summed E-state index contributed by atoms with van der Waals surface area (Å²) in [7, 11) is 1.89. The highest BCUT2D eigenvalue weighted by Gasteiger charge is 2.32. The second kappa shape index (κ2) is 7.51. The van der Waals surface area contributed by atoms with Crippen LogP contribution in [0.3, 0.4) is 0 Å². The molecule has 1 saturated heterocycles. The third kappa shape index (κ3) is 3.90. The van der Waals surface area contributed by atoms with E-state index in [1.54, 1.807) is 12.5 Å². The SMILES string of the molecule is CCc1ccccc1CC(=O)N[C@@H]1CCC(=O)N[C@H]1c1cncn1C. The first-order valence-electron chi connectivity index (χ1n) is 8.70. The molecule has 0 unspecified atom stereocenters. The van der Waals surface area contributed by atoms with E-state index in [0.717, 1.165) is 17.7 Å². The van der Waals surface area contributed by atoms with Crippen LogP contribution in [0.1, 0.15) is 42.6 Å². The number of imidazole rings is 1. The van der Waals surface area contributed by atoms with Crippen LogP contribution in [-0.4, -0.2) is 27.4 Å². The molecule has 2 heterocycles. The number of rotatable bonds is 5. The Hall–Kier alpha value is -2.63. The fourth-order valence-corrected chi connectivity index (χ4v) is 3.41. The maximum Gasteiger partial charge on any atom is 0.224 e. The zero-order valence-electron chi connectivity index (χ0n) is 14.7. The molecule has 6 nitrogen and oxygen atoms in total. The number of nitrogens with one attached hydrogen (secondary N) is 2. The summed E-state index contributed by atoms with van der Waals surface area (Å²) in [5.74, 6) is -0.0118. The van der Waals surface area contributed by atoms with Gasteiger partial charge < -0.3 is 15.2 Å². The van der Waals surface area contributed by atoms with Gasteiger partial charge in [0.25, 0.3) is 0 Å². The van der Waals surface area contributed by atoms with Crippen molar-refractivity contribution in [1.29, 1.82) is 0 Å². The normalized spacial score (nSPS) is 20.2. The predicted molar refractivity (Wildman–Crippen MR) is 94.8 cm³/mol. The van der Waals surface area contributed by atoms with Crippen LogP contribution in [0, 0.1) is 0 Å². The van der Waals surface area contributed by atoms with Crippen molar-refractivity contribution in [2.75, 3.05) is 0 Å². The van der Waals surface area contributed by atoms with Crippen LogP contribution in [-0.2, 0) is 29.5 Å². The number of piperidine rings is 1.